The van der Waals surface area contributed by atoms with Crippen LogP contribution in [-0.4, -0.2) is 44.3 Å². The summed E-state index contributed by atoms with van der Waals surface area (Å²) in [5.41, 5.74) is 3.76. The highest BCUT2D eigenvalue weighted by molar-refractivity contribution is 7.92. The molecule has 0 unspecified atom stereocenters. The highest BCUT2D eigenvalue weighted by atomic mass is 35.5. The lowest BCUT2D eigenvalue weighted by Crippen LogP contribution is -2.52. The summed E-state index contributed by atoms with van der Waals surface area (Å²) in [6.45, 7) is 9.32. The highest BCUT2D eigenvalue weighted by Crippen LogP contribution is 2.30. The fourth-order valence-electron chi connectivity index (χ4n) is 4.30. The number of rotatable bonds is 11. The van der Waals surface area contributed by atoms with Gasteiger partial charge in [-0.3, -0.25) is 13.9 Å². The van der Waals surface area contributed by atoms with Gasteiger partial charge in [0.1, 0.15) is 12.6 Å². The Morgan fingerprint density at radius 3 is 2.05 bits per heavy atom. The first-order chi connectivity index (χ1) is 18.5. The monoisotopic (exact) mass is 569 g/mol. The van der Waals surface area contributed by atoms with Crippen LogP contribution in [0, 0.1) is 20.8 Å². The molecule has 0 radical (unpaired) electrons. The van der Waals surface area contributed by atoms with Gasteiger partial charge in [-0.25, -0.2) is 8.42 Å². The number of carbonyl (C=O) groups excluding carboxylic acids is 2. The van der Waals surface area contributed by atoms with Gasteiger partial charge in [0.05, 0.1) is 10.6 Å². The number of hydrogen-bond acceptors (Lipinski definition) is 4. The number of anilines is 1. The quantitative estimate of drug-likeness (QED) is 0.335. The number of nitrogens with zero attached hydrogens (tertiary/aromatic N) is 2. The molecular weight excluding hydrogens is 534 g/mol. The number of aryl methyl sites for hydroxylation is 3. The van der Waals surface area contributed by atoms with Crippen molar-refractivity contribution in [3.8, 4) is 0 Å². The molecule has 9 heteroatoms. The Bertz CT molecular complexity index is 1410. The number of amides is 2. The van der Waals surface area contributed by atoms with E-state index in [4.69, 9.17) is 11.6 Å². The maximum Gasteiger partial charge on any atom is 0.264 e. The van der Waals surface area contributed by atoms with Crippen LogP contribution in [0.5, 0.6) is 0 Å². The lowest BCUT2D eigenvalue weighted by Gasteiger charge is -2.33. The smallest absolute Gasteiger partial charge is 0.264 e. The number of nitrogens with one attached hydrogen (secondary N) is 1. The number of hydrogen-bond donors (Lipinski definition) is 1. The van der Waals surface area contributed by atoms with E-state index in [1.807, 2.05) is 52.0 Å². The third kappa shape index (κ3) is 7.40. The minimum absolute atomic E-state index is 0.0566. The molecule has 1 atom stereocenters. The van der Waals surface area contributed by atoms with Crippen molar-refractivity contribution in [2.75, 3.05) is 17.4 Å². The number of halogens is 1. The van der Waals surface area contributed by atoms with Gasteiger partial charge in [-0.15, -0.1) is 0 Å². The van der Waals surface area contributed by atoms with Crippen LogP contribution in [0.4, 0.5) is 5.69 Å². The molecule has 0 aromatic heterocycles. The second kappa shape index (κ2) is 13.1. The van der Waals surface area contributed by atoms with E-state index in [0.29, 0.717) is 29.2 Å². The second-order valence-electron chi connectivity index (χ2n) is 9.58. The van der Waals surface area contributed by atoms with Crippen molar-refractivity contribution in [2.24, 2.45) is 0 Å². The van der Waals surface area contributed by atoms with Gasteiger partial charge >= 0.3 is 0 Å². The van der Waals surface area contributed by atoms with Crippen molar-refractivity contribution in [2.45, 2.75) is 58.5 Å². The molecule has 0 aliphatic carbocycles. The molecule has 0 aliphatic rings. The van der Waals surface area contributed by atoms with Gasteiger partial charge in [0.2, 0.25) is 11.8 Å². The molecule has 3 aromatic rings. The molecule has 7 nitrogen and oxygen atoms in total. The maximum absolute atomic E-state index is 14.0. The summed E-state index contributed by atoms with van der Waals surface area (Å²) < 4.78 is 29.0. The van der Waals surface area contributed by atoms with Crippen LogP contribution in [-0.2, 0) is 26.2 Å². The van der Waals surface area contributed by atoms with E-state index in [-0.39, 0.29) is 17.3 Å². The van der Waals surface area contributed by atoms with Crippen LogP contribution in [0.2, 0.25) is 5.02 Å². The Morgan fingerprint density at radius 2 is 1.49 bits per heavy atom. The second-order valence-corrected chi connectivity index (χ2v) is 11.9. The zero-order valence-electron chi connectivity index (χ0n) is 23.1. The summed E-state index contributed by atoms with van der Waals surface area (Å²) >= 11 is 6.28. The number of sulfonamides is 1. The third-order valence-electron chi connectivity index (χ3n) is 6.54. The van der Waals surface area contributed by atoms with Crippen molar-refractivity contribution >= 4 is 39.1 Å². The van der Waals surface area contributed by atoms with Gasteiger partial charge < -0.3 is 10.2 Å². The van der Waals surface area contributed by atoms with Crippen molar-refractivity contribution in [1.29, 1.82) is 0 Å². The lowest BCUT2D eigenvalue weighted by atomic mass is 10.1. The average molecular weight is 570 g/mol. The molecule has 0 heterocycles. The summed E-state index contributed by atoms with van der Waals surface area (Å²) in [4.78, 5) is 28.6. The molecule has 208 valence electrons. The van der Waals surface area contributed by atoms with Crippen LogP contribution in [0.15, 0.2) is 71.6 Å². The zero-order chi connectivity index (χ0) is 28.7. The van der Waals surface area contributed by atoms with Crippen molar-refractivity contribution in [3.05, 3.63) is 94.0 Å². The Labute approximate surface area is 236 Å². The number of benzene rings is 3. The molecular formula is C30H36ClN3O4S. The summed E-state index contributed by atoms with van der Waals surface area (Å²) in [5.74, 6) is -0.781. The van der Waals surface area contributed by atoms with E-state index in [1.54, 1.807) is 37.3 Å². The molecule has 0 saturated heterocycles. The zero-order valence-corrected chi connectivity index (χ0v) is 24.6. The molecule has 0 spiro atoms. The normalized spacial score (nSPS) is 12.1. The first-order valence-corrected chi connectivity index (χ1v) is 14.8. The Kier molecular flexibility index (Phi) is 10.2. The summed E-state index contributed by atoms with van der Waals surface area (Å²) in [5, 5.41) is 3.15. The van der Waals surface area contributed by atoms with Crippen molar-refractivity contribution < 1.29 is 18.0 Å². The number of carbonyl (C=O) groups is 2. The molecule has 39 heavy (non-hydrogen) atoms. The van der Waals surface area contributed by atoms with Gasteiger partial charge in [-0.2, -0.15) is 0 Å². The topological polar surface area (TPSA) is 86.8 Å². The molecule has 0 saturated carbocycles. The fraction of sp³-hybridized carbons (Fsp3) is 0.333. The van der Waals surface area contributed by atoms with Crippen LogP contribution >= 0.6 is 11.6 Å². The lowest BCUT2D eigenvalue weighted by molar-refractivity contribution is -0.140. The Hall–Kier alpha value is -3.36. The molecule has 0 fully saturated rings. The van der Waals surface area contributed by atoms with Gasteiger partial charge in [0.15, 0.2) is 0 Å². The standard InChI is InChI=1S/C30H36ClN3O4S/c1-6-27(30(36)32-7-2)33(19-24-13-8-21(3)9-14-24)29(35)20-34(28-18-25(31)15-12-23(28)5)39(37,38)26-16-10-22(4)11-17-26/h8-18,27H,6-7,19-20H2,1-5H3,(H,32,36)/t27-/m0/s1. The summed E-state index contributed by atoms with van der Waals surface area (Å²) in [6.07, 6.45) is 0.365. The molecule has 3 aromatic carbocycles. The van der Waals surface area contributed by atoms with Gasteiger partial charge in [0.25, 0.3) is 10.0 Å². The van der Waals surface area contributed by atoms with E-state index in [1.165, 1.54) is 17.0 Å². The van der Waals surface area contributed by atoms with Crippen molar-refractivity contribution in [1.82, 2.24) is 10.2 Å². The van der Waals surface area contributed by atoms with Crippen LogP contribution in [0.3, 0.4) is 0 Å². The van der Waals surface area contributed by atoms with Crippen LogP contribution in [0.1, 0.15) is 42.5 Å². The van der Waals surface area contributed by atoms with E-state index in [2.05, 4.69) is 5.32 Å². The maximum atomic E-state index is 14.0. The molecule has 2 amide bonds. The Morgan fingerprint density at radius 1 is 0.897 bits per heavy atom. The van der Waals surface area contributed by atoms with E-state index in [9.17, 15) is 18.0 Å². The summed E-state index contributed by atoms with van der Waals surface area (Å²) in [6, 6.07) is 18.3. The van der Waals surface area contributed by atoms with Gasteiger partial charge in [-0.1, -0.05) is 72.1 Å². The average Bonchev–Trinajstić information content (AvgIpc) is 2.90. The summed E-state index contributed by atoms with van der Waals surface area (Å²) in [7, 11) is -4.15. The van der Waals surface area contributed by atoms with E-state index < -0.39 is 28.5 Å². The van der Waals surface area contributed by atoms with Gasteiger partial charge in [0, 0.05) is 18.1 Å². The first-order valence-electron chi connectivity index (χ1n) is 13.0. The fourth-order valence-corrected chi connectivity index (χ4v) is 5.94. The number of likely N-dealkylation sites (N-methyl/N-ethyl adjacent to an activating group) is 1. The van der Waals surface area contributed by atoms with Gasteiger partial charge in [-0.05, 0) is 69.5 Å². The van der Waals surface area contributed by atoms with Crippen molar-refractivity contribution in [3.63, 3.8) is 0 Å². The first kappa shape index (κ1) is 30.2. The molecule has 0 bridgehead atoms. The predicted molar refractivity (Wildman–Crippen MR) is 156 cm³/mol. The van der Waals surface area contributed by atoms with E-state index in [0.717, 1.165) is 21.0 Å². The molecule has 1 N–H and O–H groups in total. The minimum atomic E-state index is -4.15. The largest absolute Gasteiger partial charge is 0.355 e. The minimum Gasteiger partial charge on any atom is -0.355 e. The van der Waals surface area contributed by atoms with Crippen LogP contribution in [0.25, 0.3) is 0 Å². The molecule has 0 aliphatic heterocycles. The SMILES string of the molecule is CCNC(=O)[C@H](CC)N(Cc1ccc(C)cc1)C(=O)CN(c1cc(Cl)ccc1C)S(=O)(=O)c1ccc(C)cc1. The molecule has 3 rings (SSSR count). The van der Waals surface area contributed by atoms with E-state index >= 15 is 0 Å². The Balaban J connectivity index is 2.10. The highest BCUT2D eigenvalue weighted by Gasteiger charge is 2.34. The predicted octanol–water partition coefficient (Wildman–Crippen LogP) is 5.40. The van der Waals surface area contributed by atoms with Crippen LogP contribution < -0.4 is 9.62 Å². The third-order valence-corrected chi connectivity index (χ3v) is 8.55.